The summed E-state index contributed by atoms with van der Waals surface area (Å²) in [5.74, 6) is -0.619. The van der Waals surface area contributed by atoms with Crippen LogP contribution in [0.5, 0.6) is 5.75 Å². The van der Waals surface area contributed by atoms with Crippen LogP contribution in [0, 0.1) is 0 Å². The minimum absolute atomic E-state index is 0.0126. The molecule has 168 valence electrons. The Morgan fingerprint density at radius 3 is 2.22 bits per heavy atom. The zero-order valence-corrected chi connectivity index (χ0v) is 18.5. The lowest BCUT2D eigenvalue weighted by molar-refractivity contribution is 0.0696. The van der Waals surface area contributed by atoms with Gasteiger partial charge in [-0.2, -0.15) is 0 Å². The van der Waals surface area contributed by atoms with Gasteiger partial charge >= 0.3 is 5.97 Å². The first-order valence-corrected chi connectivity index (χ1v) is 11.6. The van der Waals surface area contributed by atoms with Crippen molar-refractivity contribution in [1.82, 2.24) is 5.32 Å². The van der Waals surface area contributed by atoms with Crippen molar-refractivity contribution in [1.29, 1.82) is 0 Å². The lowest BCUT2D eigenvalue weighted by atomic mass is 10.1. The standard InChI is InChI=1S/C23H22ClNO6S/c24-18-3-1-2-17(14-18)22(26)15-25-12-13-31-19-6-10-21(11-7-19)32(29,30)20-8-4-16(5-9-20)23(27)28/h1-11,14,22,25-26H,12-13,15H2,(H,27,28)/t22-/m0/s1. The van der Waals surface area contributed by atoms with Gasteiger partial charge in [-0.25, -0.2) is 13.2 Å². The number of halogens is 1. The predicted octanol–water partition coefficient (Wildman–Crippen LogP) is 3.57. The van der Waals surface area contributed by atoms with Gasteiger partial charge in [0.15, 0.2) is 0 Å². The van der Waals surface area contributed by atoms with Crippen LogP contribution >= 0.6 is 11.6 Å². The van der Waals surface area contributed by atoms with Crippen molar-refractivity contribution in [3.05, 3.63) is 88.9 Å². The number of aliphatic hydroxyl groups excluding tert-OH is 1. The number of hydrogen-bond acceptors (Lipinski definition) is 6. The molecular weight excluding hydrogens is 454 g/mol. The molecule has 0 aromatic heterocycles. The summed E-state index contributed by atoms with van der Waals surface area (Å²) >= 11 is 5.92. The predicted molar refractivity (Wildman–Crippen MR) is 120 cm³/mol. The van der Waals surface area contributed by atoms with Crippen molar-refractivity contribution in [3.8, 4) is 5.75 Å². The van der Waals surface area contributed by atoms with E-state index < -0.39 is 21.9 Å². The molecule has 0 aliphatic carbocycles. The zero-order chi connectivity index (χ0) is 23.1. The molecule has 0 unspecified atom stereocenters. The highest BCUT2D eigenvalue weighted by molar-refractivity contribution is 7.91. The number of carbonyl (C=O) groups is 1. The molecular formula is C23H22ClNO6S. The zero-order valence-electron chi connectivity index (χ0n) is 16.9. The van der Waals surface area contributed by atoms with Gasteiger partial charge in [-0.3, -0.25) is 0 Å². The van der Waals surface area contributed by atoms with Gasteiger partial charge in [-0.1, -0.05) is 23.7 Å². The van der Waals surface area contributed by atoms with Gasteiger partial charge in [0, 0.05) is 18.1 Å². The first-order valence-electron chi connectivity index (χ1n) is 9.73. The third-order valence-electron chi connectivity index (χ3n) is 4.66. The molecule has 0 radical (unpaired) electrons. The number of sulfone groups is 1. The largest absolute Gasteiger partial charge is 0.492 e. The Kier molecular flexibility index (Phi) is 7.87. The van der Waals surface area contributed by atoms with Gasteiger partial charge in [0.05, 0.1) is 21.5 Å². The van der Waals surface area contributed by atoms with Crippen molar-refractivity contribution in [2.45, 2.75) is 15.9 Å². The molecule has 3 aromatic carbocycles. The van der Waals surface area contributed by atoms with Gasteiger partial charge in [0.1, 0.15) is 12.4 Å². The van der Waals surface area contributed by atoms with Crippen molar-refractivity contribution < 1.29 is 28.2 Å². The Morgan fingerprint density at radius 1 is 1.00 bits per heavy atom. The van der Waals surface area contributed by atoms with Crippen LogP contribution in [0.1, 0.15) is 22.0 Å². The number of rotatable bonds is 10. The number of benzene rings is 3. The first kappa shape index (κ1) is 23.7. The topological polar surface area (TPSA) is 113 Å². The van der Waals surface area contributed by atoms with Gasteiger partial charge in [-0.05, 0) is 66.2 Å². The highest BCUT2D eigenvalue weighted by atomic mass is 35.5. The van der Waals surface area contributed by atoms with Crippen molar-refractivity contribution >= 4 is 27.4 Å². The summed E-state index contributed by atoms with van der Waals surface area (Å²) in [7, 11) is -3.76. The quantitative estimate of drug-likeness (QED) is 0.384. The van der Waals surface area contributed by atoms with Gasteiger partial charge in [-0.15, -0.1) is 0 Å². The normalized spacial score (nSPS) is 12.3. The van der Waals surface area contributed by atoms with E-state index in [0.29, 0.717) is 30.5 Å². The summed E-state index contributed by atoms with van der Waals surface area (Å²) in [6.07, 6.45) is -0.692. The molecule has 0 fully saturated rings. The summed E-state index contributed by atoms with van der Waals surface area (Å²) in [5, 5.41) is 22.7. The molecule has 3 aromatic rings. The van der Waals surface area contributed by atoms with E-state index in [4.69, 9.17) is 21.4 Å². The summed E-state index contributed by atoms with van der Waals surface area (Å²) in [6, 6.07) is 18.1. The van der Waals surface area contributed by atoms with Crippen LogP contribution in [-0.2, 0) is 9.84 Å². The number of aromatic carboxylic acids is 1. The maximum atomic E-state index is 12.7. The minimum Gasteiger partial charge on any atom is -0.492 e. The summed E-state index contributed by atoms with van der Waals surface area (Å²) in [4.78, 5) is 11.0. The van der Waals surface area contributed by atoms with Crippen LogP contribution < -0.4 is 10.1 Å². The average molecular weight is 476 g/mol. The Bertz CT molecular complexity index is 1160. The van der Waals surface area contributed by atoms with Crippen LogP contribution in [0.4, 0.5) is 0 Å². The third kappa shape index (κ3) is 6.08. The Labute approximate surface area is 191 Å². The molecule has 7 nitrogen and oxygen atoms in total. The molecule has 0 bridgehead atoms. The second kappa shape index (κ2) is 10.6. The smallest absolute Gasteiger partial charge is 0.335 e. The monoisotopic (exact) mass is 475 g/mol. The second-order valence-electron chi connectivity index (χ2n) is 6.93. The molecule has 0 aliphatic rings. The van der Waals surface area contributed by atoms with Crippen molar-refractivity contribution in [3.63, 3.8) is 0 Å². The summed E-state index contributed by atoms with van der Waals surface area (Å²) < 4.78 is 31.0. The molecule has 3 N–H and O–H groups in total. The van der Waals surface area contributed by atoms with Gasteiger partial charge in [0.2, 0.25) is 9.84 Å². The van der Waals surface area contributed by atoms with Gasteiger partial charge < -0.3 is 20.3 Å². The average Bonchev–Trinajstić information content (AvgIpc) is 2.79. The second-order valence-corrected chi connectivity index (χ2v) is 9.31. The maximum absolute atomic E-state index is 12.7. The Hall–Kier alpha value is -2.91. The lowest BCUT2D eigenvalue weighted by Gasteiger charge is -2.13. The van der Waals surface area contributed by atoms with Crippen LogP contribution in [0.15, 0.2) is 82.6 Å². The molecule has 0 heterocycles. The lowest BCUT2D eigenvalue weighted by Crippen LogP contribution is -2.26. The number of hydrogen-bond donors (Lipinski definition) is 3. The minimum atomic E-state index is -3.76. The number of nitrogens with one attached hydrogen (secondary N) is 1. The molecule has 9 heteroatoms. The van der Waals surface area contributed by atoms with E-state index in [2.05, 4.69) is 5.32 Å². The first-order chi connectivity index (χ1) is 15.3. The fourth-order valence-electron chi connectivity index (χ4n) is 2.94. The molecule has 0 aliphatic heterocycles. The van der Waals surface area contributed by atoms with Crippen LogP contribution in [-0.4, -0.2) is 44.3 Å². The van der Waals surface area contributed by atoms with Crippen LogP contribution in [0.2, 0.25) is 5.02 Å². The molecule has 3 rings (SSSR count). The molecule has 0 saturated carbocycles. The summed E-state index contributed by atoms with van der Waals surface area (Å²) in [6.45, 7) is 1.14. The van der Waals surface area contributed by atoms with E-state index in [1.165, 1.54) is 36.4 Å². The highest BCUT2D eigenvalue weighted by Gasteiger charge is 2.18. The van der Waals surface area contributed by atoms with E-state index in [0.717, 1.165) is 5.56 Å². The summed E-state index contributed by atoms with van der Waals surface area (Å²) in [5.41, 5.74) is 0.738. The fourth-order valence-corrected chi connectivity index (χ4v) is 4.40. The molecule has 0 saturated heterocycles. The molecule has 1 atom stereocenters. The number of aliphatic hydroxyl groups is 1. The highest BCUT2D eigenvalue weighted by Crippen LogP contribution is 2.23. The van der Waals surface area contributed by atoms with Crippen LogP contribution in [0.3, 0.4) is 0 Å². The number of ether oxygens (including phenoxy) is 1. The van der Waals surface area contributed by atoms with Gasteiger partial charge in [0.25, 0.3) is 0 Å². The molecule has 32 heavy (non-hydrogen) atoms. The van der Waals surface area contributed by atoms with E-state index in [1.807, 2.05) is 0 Å². The Balaban J connectivity index is 1.49. The Morgan fingerprint density at radius 2 is 1.62 bits per heavy atom. The fraction of sp³-hybridized carbons (Fsp3) is 0.174. The number of carboxylic acids is 1. The molecule has 0 amide bonds. The van der Waals surface area contributed by atoms with E-state index in [1.54, 1.807) is 36.4 Å². The van der Waals surface area contributed by atoms with Crippen molar-refractivity contribution in [2.24, 2.45) is 0 Å². The number of carboxylic acid groups (broad SMARTS) is 1. The third-order valence-corrected chi connectivity index (χ3v) is 6.68. The van der Waals surface area contributed by atoms with E-state index in [-0.39, 0.29) is 15.4 Å². The van der Waals surface area contributed by atoms with Crippen molar-refractivity contribution in [2.75, 3.05) is 19.7 Å². The van der Waals surface area contributed by atoms with E-state index in [9.17, 15) is 18.3 Å². The van der Waals surface area contributed by atoms with Crippen LogP contribution in [0.25, 0.3) is 0 Å². The molecule has 0 spiro atoms. The van der Waals surface area contributed by atoms with E-state index >= 15 is 0 Å². The maximum Gasteiger partial charge on any atom is 0.335 e. The SMILES string of the molecule is O=C(O)c1ccc(S(=O)(=O)c2ccc(OCCNC[C@H](O)c3cccc(Cl)c3)cc2)cc1.